The highest BCUT2D eigenvalue weighted by Gasteiger charge is 2.10. The summed E-state index contributed by atoms with van der Waals surface area (Å²) in [5.41, 5.74) is 1.20. The molecule has 0 spiro atoms. The average molecular weight is 295 g/mol. The summed E-state index contributed by atoms with van der Waals surface area (Å²) in [5.74, 6) is -0.127. The van der Waals surface area contributed by atoms with E-state index in [9.17, 15) is 4.79 Å². The Morgan fingerprint density at radius 3 is 2.82 bits per heavy atom. The lowest BCUT2D eigenvalue weighted by Crippen LogP contribution is -2.22. The van der Waals surface area contributed by atoms with Crippen LogP contribution in [0.2, 0.25) is 0 Å². The molecular weight excluding hydrogens is 284 g/mol. The van der Waals surface area contributed by atoms with Crippen LogP contribution in [0.15, 0.2) is 35.2 Å². The molecule has 88 valence electrons. The molecule has 0 unspecified atom stereocenters. The molecule has 5 nitrogen and oxygen atoms in total. The van der Waals surface area contributed by atoms with E-state index in [4.69, 9.17) is 0 Å². The van der Waals surface area contributed by atoms with Crippen LogP contribution in [0, 0.1) is 0 Å². The minimum absolute atomic E-state index is 0.127. The van der Waals surface area contributed by atoms with Crippen molar-refractivity contribution in [1.82, 2.24) is 19.7 Å². The van der Waals surface area contributed by atoms with E-state index in [1.807, 2.05) is 6.20 Å². The Bertz CT molecular complexity index is 550. The van der Waals surface area contributed by atoms with Crippen molar-refractivity contribution >= 4 is 21.8 Å². The van der Waals surface area contributed by atoms with Gasteiger partial charge in [-0.15, -0.1) is 0 Å². The van der Waals surface area contributed by atoms with E-state index in [1.54, 1.807) is 43.3 Å². The molecule has 0 aliphatic rings. The monoisotopic (exact) mass is 294 g/mol. The maximum absolute atomic E-state index is 11.8. The molecule has 2 aromatic heterocycles. The average Bonchev–Trinajstić information content (AvgIpc) is 2.75. The van der Waals surface area contributed by atoms with Gasteiger partial charge in [-0.25, -0.2) is 4.68 Å². The zero-order valence-corrected chi connectivity index (χ0v) is 11.0. The Morgan fingerprint density at radius 1 is 1.47 bits per heavy atom. The first-order valence-corrected chi connectivity index (χ1v) is 5.75. The Balaban J connectivity index is 2.38. The second-order valence-electron chi connectivity index (χ2n) is 3.70. The first-order chi connectivity index (χ1) is 8.08. The van der Waals surface area contributed by atoms with Crippen LogP contribution in [0.1, 0.15) is 10.5 Å². The van der Waals surface area contributed by atoms with Gasteiger partial charge in [-0.2, -0.15) is 5.10 Å². The summed E-state index contributed by atoms with van der Waals surface area (Å²) in [7, 11) is 3.39. The fraction of sp³-hybridized carbons (Fsp3) is 0.182. The van der Waals surface area contributed by atoms with Gasteiger partial charge in [-0.1, -0.05) is 0 Å². The minimum Gasteiger partial charge on any atom is -0.343 e. The first kappa shape index (κ1) is 11.8. The van der Waals surface area contributed by atoms with E-state index in [2.05, 4.69) is 26.0 Å². The lowest BCUT2D eigenvalue weighted by Gasteiger charge is -2.10. The second kappa shape index (κ2) is 4.67. The molecule has 0 radical (unpaired) electrons. The zero-order valence-electron chi connectivity index (χ0n) is 9.46. The Labute approximate surface area is 107 Å². The third-order valence-corrected chi connectivity index (χ3v) is 2.59. The molecule has 0 N–H and O–H groups in total. The number of pyridine rings is 1. The van der Waals surface area contributed by atoms with Crippen LogP contribution >= 0.6 is 15.9 Å². The lowest BCUT2D eigenvalue weighted by molar-refractivity contribution is 0.0822. The normalized spacial score (nSPS) is 10.3. The van der Waals surface area contributed by atoms with E-state index in [0.717, 1.165) is 10.2 Å². The van der Waals surface area contributed by atoms with Gasteiger partial charge in [0.05, 0.1) is 16.4 Å². The highest BCUT2D eigenvalue weighted by molar-refractivity contribution is 9.10. The summed E-state index contributed by atoms with van der Waals surface area (Å²) in [4.78, 5) is 17.3. The third-order valence-electron chi connectivity index (χ3n) is 2.18. The largest absolute Gasteiger partial charge is 0.343 e. The molecule has 2 heterocycles. The summed E-state index contributed by atoms with van der Waals surface area (Å²) in [5, 5.41) is 4.15. The number of hydrogen-bond donors (Lipinski definition) is 0. The van der Waals surface area contributed by atoms with Crippen molar-refractivity contribution in [1.29, 1.82) is 0 Å². The van der Waals surface area contributed by atoms with Crippen LogP contribution < -0.4 is 0 Å². The van der Waals surface area contributed by atoms with Gasteiger partial charge in [0.25, 0.3) is 5.91 Å². The number of carbonyl (C=O) groups excluding carboxylic acids is 1. The molecule has 6 heteroatoms. The highest BCUT2D eigenvalue weighted by atomic mass is 79.9. The first-order valence-electron chi connectivity index (χ1n) is 4.96. The molecule has 0 fully saturated rings. The molecule has 0 aliphatic carbocycles. The number of carbonyl (C=O) groups is 1. The van der Waals surface area contributed by atoms with E-state index in [-0.39, 0.29) is 5.91 Å². The molecule has 17 heavy (non-hydrogen) atoms. The van der Waals surface area contributed by atoms with Gasteiger partial charge < -0.3 is 4.90 Å². The fourth-order valence-corrected chi connectivity index (χ4v) is 1.64. The van der Waals surface area contributed by atoms with Crippen molar-refractivity contribution in [3.8, 4) is 5.69 Å². The summed E-state index contributed by atoms with van der Waals surface area (Å²) in [6.45, 7) is 0. The zero-order chi connectivity index (χ0) is 12.4. The third kappa shape index (κ3) is 2.52. The summed E-state index contributed by atoms with van der Waals surface area (Å²) in [6.07, 6.45) is 5.11. The Kier molecular flexibility index (Phi) is 3.23. The molecule has 0 atom stereocenters. The van der Waals surface area contributed by atoms with Crippen molar-refractivity contribution < 1.29 is 4.79 Å². The van der Waals surface area contributed by atoms with Crippen LogP contribution in [0.3, 0.4) is 0 Å². The van der Waals surface area contributed by atoms with Gasteiger partial charge >= 0.3 is 0 Å². The summed E-state index contributed by atoms with van der Waals surface area (Å²) in [6, 6.07) is 3.51. The maximum atomic E-state index is 11.8. The molecule has 0 saturated carbocycles. The van der Waals surface area contributed by atoms with E-state index < -0.39 is 0 Å². The molecule has 2 rings (SSSR count). The van der Waals surface area contributed by atoms with Crippen LogP contribution in [0.4, 0.5) is 0 Å². The number of hydrogen-bond acceptors (Lipinski definition) is 3. The van der Waals surface area contributed by atoms with Gasteiger partial charge in [0, 0.05) is 26.5 Å². The number of halogens is 1. The van der Waals surface area contributed by atoms with E-state index in [0.29, 0.717) is 5.69 Å². The highest BCUT2D eigenvalue weighted by Crippen LogP contribution is 2.13. The number of rotatable bonds is 2. The fourth-order valence-electron chi connectivity index (χ4n) is 1.35. The predicted molar refractivity (Wildman–Crippen MR) is 67.1 cm³/mol. The van der Waals surface area contributed by atoms with Crippen molar-refractivity contribution in [3.63, 3.8) is 0 Å². The van der Waals surface area contributed by atoms with Crippen LogP contribution in [-0.2, 0) is 0 Å². The smallest absolute Gasteiger partial charge is 0.272 e. The van der Waals surface area contributed by atoms with Gasteiger partial charge in [0.15, 0.2) is 0 Å². The number of amides is 1. The van der Waals surface area contributed by atoms with E-state index >= 15 is 0 Å². The molecule has 2 aromatic rings. The molecule has 0 bridgehead atoms. The molecule has 1 amide bonds. The topological polar surface area (TPSA) is 51.0 Å². The molecule has 0 aliphatic heterocycles. The molecule has 0 aromatic carbocycles. The lowest BCUT2D eigenvalue weighted by atomic mass is 10.3. The maximum Gasteiger partial charge on any atom is 0.272 e. The van der Waals surface area contributed by atoms with E-state index in [1.165, 1.54) is 4.90 Å². The molecular formula is C11H11BrN4O. The van der Waals surface area contributed by atoms with Crippen molar-refractivity contribution in [2.24, 2.45) is 0 Å². The van der Waals surface area contributed by atoms with Gasteiger partial charge in [0.1, 0.15) is 5.69 Å². The summed E-state index contributed by atoms with van der Waals surface area (Å²) < 4.78 is 2.56. The standard InChI is InChI=1S/C11H11BrN4O/c1-15(2)11(17)10-5-9(3-4-13-10)16-7-8(12)6-14-16/h3-7H,1-2H3. The SMILES string of the molecule is CN(C)C(=O)c1cc(-n2cc(Br)cn2)ccn1. The van der Waals surface area contributed by atoms with Gasteiger partial charge in [0.2, 0.25) is 0 Å². The minimum atomic E-state index is -0.127. The van der Waals surface area contributed by atoms with Gasteiger partial charge in [-0.3, -0.25) is 9.78 Å². The number of aromatic nitrogens is 3. The van der Waals surface area contributed by atoms with Crippen molar-refractivity contribution in [3.05, 3.63) is 40.9 Å². The second-order valence-corrected chi connectivity index (χ2v) is 4.62. The quantitative estimate of drug-likeness (QED) is 0.848. The van der Waals surface area contributed by atoms with Crippen molar-refractivity contribution in [2.45, 2.75) is 0 Å². The van der Waals surface area contributed by atoms with Crippen LogP contribution in [0.5, 0.6) is 0 Å². The van der Waals surface area contributed by atoms with Crippen LogP contribution in [-0.4, -0.2) is 39.7 Å². The van der Waals surface area contributed by atoms with Crippen LogP contribution in [0.25, 0.3) is 5.69 Å². The van der Waals surface area contributed by atoms with Crippen molar-refractivity contribution in [2.75, 3.05) is 14.1 Å². The Morgan fingerprint density at radius 2 is 2.24 bits per heavy atom. The molecule has 0 saturated heterocycles. The summed E-state index contributed by atoms with van der Waals surface area (Å²) >= 11 is 3.33. The van der Waals surface area contributed by atoms with Gasteiger partial charge in [-0.05, 0) is 28.1 Å². The Hall–Kier alpha value is -1.69. The number of nitrogens with zero attached hydrogens (tertiary/aromatic N) is 4. The predicted octanol–water partition coefficient (Wildman–Crippen LogP) is 1.73.